The van der Waals surface area contributed by atoms with Crippen LogP contribution in [0.3, 0.4) is 0 Å². The molecule has 2 heterocycles. The van der Waals surface area contributed by atoms with Crippen molar-refractivity contribution in [1.29, 1.82) is 0 Å². The zero-order valence-corrected chi connectivity index (χ0v) is 26.0. The monoisotopic (exact) mass is 612 g/mol. The van der Waals surface area contributed by atoms with Crippen molar-refractivity contribution < 1.29 is 23.5 Å². The van der Waals surface area contributed by atoms with Crippen LogP contribution in [0.15, 0.2) is 36.7 Å². The van der Waals surface area contributed by atoms with Crippen LogP contribution in [0.2, 0.25) is 5.02 Å². The third-order valence-corrected chi connectivity index (χ3v) is 8.01. The van der Waals surface area contributed by atoms with Crippen LogP contribution in [0, 0.1) is 11.2 Å². The zero-order valence-electron chi connectivity index (χ0n) is 25.3. The molecule has 0 saturated carbocycles. The molecule has 3 N–H and O–H groups in total. The van der Waals surface area contributed by atoms with E-state index in [0.29, 0.717) is 53.1 Å². The fraction of sp³-hybridized carbons (Fsp3) is 0.452. The lowest BCUT2D eigenvalue weighted by atomic mass is 9.85. The number of aromatic nitrogens is 2. The van der Waals surface area contributed by atoms with Crippen molar-refractivity contribution >= 4 is 51.6 Å². The number of hydrogen-bond acceptors (Lipinski definition) is 8. The molecule has 10 nitrogen and oxygen atoms in total. The minimum Gasteiger partial charge on any atom is -0.496 e. The number of nitrogens with one attached hydrogen (secondary N) is 3. The van der Waals surface area contributed by atoms with Crippen LogP contribution in [-0.4, -0.2) is 71.3 Å². The molecular weight excluding hydrogens is 575 g/mol. The minimum atomic E-state index is -0.801. The number of methoxy groups -OCH3 is 1. The average molecular weight is 613 g/mol. The van der Waals surface area contributed by atoms with Gasteiger partial charge in [-0.3, -0.25) is 14.4 Å². The number of halogens is 2. The van der Waals surface area contributed by atoms with Crippen LogP contribution in [-0.2, 0) is 20.8 Å². The summed E-state index contributed by atoms with van der Waals surface area (Å²) in [6.07, 6.45) is 2.60. The molecule has 43 heavy (non-hydrogen) atoms. The van der Waals surface area contributed by atoms with E-state index < -0.39 is 29.4 Å². The highest BCUT2D eigenvalue weighted by Gasteiger charge is 2.42. The Morgan fingerprint density at radius 3 is 2.58 bits per heavy atom. The van der Waals surface area contributed by atoms with E-state index in [1.54, 1.807) is 37.1 Å². The van der Waals surface area contributed by atoms with E-state index in [-0.39, 0.29) is 29.0 Å². The molecule has 1 fully saturated rings. The predicted octanol–water partition coefficient (Wildman–Crippen LogP) is 4.42. The Labute approximate surface area is 255 Å². The Morgan fingerprint density at radius 2 is 1.93 bits per heavy atom. The Hall–Kier alpha value is -3.83. The molecule has 0 aliphatic carbocycles. The Kier molecular flexibility index (Phi) is 9.86. The fourth-order valence-electron chi connectivity index (χ4n) is 5.15. The third-order valence-electron chi connectivity index (χ3n) is 7.72. The number of ketones is 1. The number of likely N-dealkylation sites (tertiary alicyclic amines) is 1. The van der Waals surface area contributed by atoms with Gasteiger partial charge in [-0.25, -0.2) is 14.4 Å². The summed E-state index contributed by atoms with van der Waals surface area (Å²) in [7, 11) is 3.20. The first-order valence-electron chi connectivity index (χ1n) is 14.2. The Bertz CT molecular complexity index is 1530. The van der Waals surface area contributed by atoms with Gasteiger partial charge < -0.3 is 25.6 Å². The quantitative estimate of drug-likeness (QED) is 0.307. The maximum Gasteiger partial charge on any atom is 0.246 e. The molecule has 0 spiro atoms. The van der Waals surface area contributed by atoms with E-state index >= 15 is 0 Å². The van der Waals surface area contributed by atoms with Crippen LogP contribution < -0.4 is 20.7 Å². The van der Waals surface area contributed by atoms with Crippen molar-refractivity contribution in [2.45, 2.75) is 65.1 Å². The molecule has 1 aliphatic rings. The fourth-order valence-corrected chi connectivity index (χ4v) is 5.33. The molecule has 1 aliphatic heterocycles. The van der Waals surface area contributed by atoms with E-state index in [0.717, 1.165) is 0 Å². The number of carbonyl (C=O) groups is 3. The lowest BCUT2D eigenvalue weighted by molar-refractivity contribution is -0.143. The molecule has 1 saturated heterocycles. The summed E-state index contributed by atoms with van der Waals surface area (Å²) >= 11 is 5.95. The second kappa shape index (κ2) is 13.2. The SMILES string of the molecule is CN[C@@H](C)C(=O)N[C@H](C(=O)N1CCC[C@H]1C(=O)Cc1cc2c(Nc3ccc(F)c(Cl)c3)ncnc2cc1OC)C(C)(C)C. The van der Waals surface area contributed by atoms with Crippen LogP contribution in [0.4, 0.5) is 15.9 Å². The van der Waals surface area contributed by atoms with Gasteiger partial charge in [0.05, 0.1) is 29.7 Å². The van der Waals surface area contributed by atoms with Gasteiger partial charge in [0, 0.05) is 35.7 Å². The van der Waals surface area contributed by atoms with Crippen molar-refractivity contribution in [2.75, 3.05) is 26.0 Å². The molecule has 0 radical (unpaired) electrons. The van der Waals surface area contributed by atoms with Gasteiger partial charge in [0.2, 0.25) is 11.8 Å². The first-order chi connectivity index (χ1) is 20.3. The number of benzene rings is 2. The molecule has 2 aromatic carbocycles. The smallest absolute Gasteiger partial charge is 0.246 e. The molecule has 2 amide bonds. The highest BCUT2D eigenvalue weighted by Crippen LogP contribution is 2.33. The van der Waals surface area contributed by atoms with Gasteiger partial charge in [-0.15, -0.1) is 0 Å². The zero-order chi connectivity index (χ0) is 31.5. The van der Waals surface area contributed by atoms with Gasteiger partial charge in [-0.1, -0.05) is 32.4 Å². The predicted molar refractivity (Wildman–Crippen MR) is 164 cm³/mol. The molecule has 12 heteroatoms. The van der Waals surface area contributed by atoms with Gasteiger partial charge in [-0.2, -0.15) is 0 Å². The number of rotatable bonds is 10. The number of hydrogen-bond donors (Lipinski definition) is 3. The second-order valence-electron chi connectivity index (χ2n) is 11.8. The van der Waals surface area contributed by atoms with Gasteiger partial charge >= 0.3 is 0 Å². The van der Waals surface area contributed by atoms with E-state index in [1.165, 1.54) is 25.6 Å². The van der Waals surface area contributed by atoms with Gasteiger partial charge in [-0.05, 0) is 56.5 Å². The summed E-state index contributed by atoms with van der Waals surface area (Å²) in [4.78, 5) is 50.6. The summed E-state index contributed by atoms with van der Waals surface area (Å²) in [6, 6.07) is 5.86. The van der Waals surface area contributed by atoms with E-state index in [1.807, 2.05) is 20.8 Å². The maximum absolute atomic E-state index is 13.8. The molecule has 3 aromatic rings. The van der Waals surface area contributed by atoms with E-state index in [2.05, 4.69) is 25.9 Å². The van der Waals surface area contributed by atoms with E-state index in [9.17, 15) is 18.8 Å². The van der Waals surface area contributed by atoms with Gasteiger partial charge in [0.25, 0.3) is 0 Å². The van der Waals surface area contributed by atoms with Crippen LogP contribution in [0.5, 0.6) is 5.75 Å². The summed E-state index contributed by atoms with van der Waals surface area (Å²) in [5, 5.41) is 9.52. The van der Waals surface area contributed by atoms with Crippen LogP contribution >= 0.6 is 11.6 Å². The van der Waals surface area contributed by atoms with E-state index in [4.69, 9.17) is 16.3 Å². The highest BCUT2D eigenvalue weighted by molar-refractivity contribution is 6.31. The lowest BCUT2D eigenvalue weighted by Crippen LogP contribution is -2.58. The van der Waals surface area contributed by atoms with Gasteiger partial charge in [0.15, 0.2) is 5.78 Å². The number of likely N-dealkylation sites (N-methyl/N-ethyl adjacent to an activating group) is 1. The van der Waals surface area contributed by atoms with Crippen molar-refractivity contribution in [3.8, 4) is 5.75 Å². The molecule has 0 unspecified atom stereocenters. The average Bonchev–Trinajstić information content (AvgIpc) is 3.46. The molecular formula is C31H38ClFN6O4. The normalized spacial score (nSPS) is 16.6. The lowest BCUT2D eigenvalue weighted by Gasteiger charge is -2.36. The first-order valence-corrected chi connectivity index (χ1v) is 14.6. The number of ether oxygens (including phenoxy) is 1. The van der Waals surface area contributed by atoms with Gasteiger partial charge in [0.1, 0.15) is 29.8 Å². The molecule has 4 rings (SSSR count). The first kappa shape index (κ1) is 32.1. The number of anilines is 2. The van der Waals surface area contributed by atoms with Crippen LogP contribution in [0.25, 0.3) is 10.9 Å². The summed E-state index contributed by atoms with van der Waals surface area (Å²) < 4.78 is 19.3. The molecule has 0 bridgehead atoms. The third kappa shape index (κ3) is 7.22. The summed E-state index contributed by atoms with van der Waals surface area (Å²) in [5.41, 5.74) is 1.15. The van der Waals surface area contributed by atoms with Crippen molar-refractivity contribution in [1.82, 2.24) is 25.5 Å². The van der Waals surface area contributed by atoms with Crippen molar-refractivity contribution in [3.63, 3.8) is 0 Å². The number of carbonyl (C=O) groups excluding carboxylic acids is 3. The minimum absolute atomic E-state index is 0.00754. The molecule has 230 valence electrons. The van der Waals surface area contributed by atoms with Crippen molar-refractivity contribution in [3.05, 3.63) is 53.1 Å². The number of nitrogens with zero attached hydrogens (tertiary/aromatic N) is 3. The summed E-state index contributed by atoms with van der Waals surface area (Å²) in [6.45, 7) is 7.82. The molecule has 1 aromatic heterocycles. The largest absolute Gasteiger partial charge is 0.496 e. The van der Waals surface area contributed by atoms with Crippen LogP contribution in [0.1, 0.15) is 46.1 Å². The second-order valence-corrected chi connectivity index (χ2v) is 12.2. The number of fused-ring (bicyclic) bond motifs is 1. The maximum atomic E-state index is 13.8. The summed E-state index contributed by atoms with van der Waals surface area (Å²) in [5.74, 6) is -0.304. The number of Topliss-reactive ketones (excluding diaryl/α,β-unsaturated/α-hetero) is 1. The molecule has 3 atom stereocenters. The Morgan fingerprint density at radius 1 is 1.19 bits per heavy atom. The topological polar surface area (TPSA) is 126 Å². The number of amides is 2. The Balaban J connectivity index is 1.60. The standard InChI is InChI=1S/C31H38ClFN6O4/c1-17(34-5)29(41)38-27(31(2,3)4)30(42)39-11-7-8-24(39)25(40)13-18-12-20-23(15-26(18)43-6)35-16-36-28(20)37-19-9-10-22(33)21(32)14-19/h9-10,12,14-17,24,27,34H,7-8,11,13H2,1-6H3,(H,38,41)(H,35,36,37)/t17-,24-,27+/m0/s1. The van der Waals surface area contributed by atoms with Crippen molar-refractivity contribution in [2.24, 2.45) is 5.41 Å². The highest BCUT2D eigenvalue weighted by atomic mass is 35.5.